The Morgan fingerprint density at radius 1 is 1.17 bits per heavy atom. The average molecular weight is 246 g/mol. The van der Waals surface area contributed by atoms with Crippen LogP contribution in [0.5, 0.6) is 5.75 Å². The Hall–Kier alpha value is -1.87. The molecule has 1 N–H and O–H groups in total. The van der Waals surface area contributed by atoms with Crippen LogP contribution in [0, 0.1) is 5.82 Å². The molecule has 0 bridgehead atoms. The summed E-state index contributed by atoms with van der Waals surface area (Å²) in [5.74, 6) is 0.000872. The second kappa shape index (κ2) is 5.65. The van der Waals surface area contributed by atoms with Gasteiger partial charge in [-0.3, -0.25) is 0 Å². The lowest BCUT2D eigenvalue weighted by Gasteiger charge is -2.12. The molecule has 0 heterocycles. The van der Waals surface area contributed by atoms with E-state index in [0.717, 1.165) is 5.56 Å². The zero-order valence-electron chi connectivity index (χ0n) is 10.1. The average Bonchev–Trinajstić information content (AvgIpc) is 2.39. The maximum atomic E-state index is 13.8. The lowest BCUT2D eigenvalue weighted by atomic mass is 10.0. The van der Waals surface area contributed by atoms with E-state index in [1.807, 2.05) is 30.3 Å². The predicted molar refractivity (Wildman–Crippen MR) is 68.1 cm³/mol. The van der Waals surface area contributed by atoms with E-state index in [-0.39, 0.29) is 0 Å². The van der Waals surface area contributed by atoms with E-state index in [1.54, 1.807) is 12.1 Å². The zero-order chi connectivity index (χ0) is 13.0. The third-order valence-electron chi connectivity index (χ3n) is 2.84. The van der Waals surface area contributed by atoms with Crippen molar-refractivity contribution in [3.63, 3.8) is 0 Å². The molecule has 1 atom stereocenters. The number of aliphatic hydroxyl groups excluding tert-OH is 1. The van der Waals surface area contributed by atoms with Gasteiger partial charge in [0.1, 0.15) is 11.6 Å². The van der Waals surface area contributed by atoms with Crippen molar-refractivity contribution < 1.29 is 14.2 Å². The molecule has 94 valence electrons. The van der Waals surface area contributed by atoms with Gasteiger partial charge in [0.2, 0.25) is 0 Å². The maximum Gasteiger partial charge on any atom is 0.132 e. The van der Waals surface area contributed by atoms with Crippen LogP contribution < -0.4 is 4.74 Å². The summed E-state index contributed by atoms with van der Waals surface area (Å²) < 4.78 is 18.7. The fourth-order valence-electron chi connectivity index (χ4n) is 1.85. The first-order valence-corrected chi connectivity index (χ1v) is 5.76. The molecule has 2 rings (SSSR count). The van der Waals surface area contributed by atoms with Crippen LogP contribution in [0.3, 0.4) is 0 Å². The molecule has 18 heavy (non-hydrogen) atoms. The standard InChI is InChI=1S/C15H15FO2/c1-18-12-7-8-13(14(16)10-12)15(17)9-11-5-3-2-4-6-11/h2-8,10,15,17H,9H2,1H3. The Kier molecular flexibility index (Phi) is 3.95. The molecular formula is C15H15FO2. The summed E-state index contributed by atoms with van der Waals surface area (Å²) in [5.41, 5.74) is 1.26. The van der Waals surface area contributed by atoms with Crippen molar-refractivity contribution in [1.82, 2.24) is 0 Å². The number of benzene rings is 2. The quantitative estimate of drug-likeness (QED) is 0.898. The highest BCUT2D eigenvalue weighted by molar-refractivity contribution is 5.31. The van der Waals surface area contributed by atoms with Gasteiger partial charge in [-0.25, -0.2) is 4.39 Å². The summed E-state index contributed by atoms with van der Waals surface area (Å²) >= 11 is 0. The molecule has 0 radical (unpaired) electrons. The minimum Gasteiger partial charge on any atom is -0.497 e. The Labute approximate surface area is 106 Å². The van der Waals surface area contributed by atoms with E-state index < -0.39 is 11.9 Å². The minimum atomic E-state index is -0.849. The van der Waals surface area contributed by atoms with E-state index in [4.69, 9.17) is 4.74 Å². The number of aliphatic hydroxyl groups is 1. The molecule has 0 spiro atoms. The Balaban J connectivity index is 2.16. The van der Waals surface area contributed by atoms with Gasteiger partial charge in [0.25, 0.3) is 0 Å². The van der Waals surface area contributed by atoms with Gasteiger partial charge >= 0.3 is 0 Å². The molecule has 2 nitrogen and oxygen atoms in total. The van der Waals surface area contributed by atoms with Crippen molar-refractivity contribution in [3.05, 3.63) is 65.5 Å². The van der Waals surface area contributed by atoms with Crippen molar-refractivity contribution in [3.8, 4) is 5.75 Å². The molecule has 0 aliphatic carbocycles. The van der Waals surface area contributed by atoms with Crippen LogP contribution >= 0.6 is 0 Å². The zero-order valence-corrected chi connectivity index (χ0v) is 10.1. The first kappa shape index (κ1) is 12.6. The van der Waals surface area contributed by atoms with Crippen LogP contribution in [0.2, 0.25) is 0 Å². The van der Waals surface area contributed by atoms with Gasteiger partial charge in [-0.05, 0) is 17.7 Å². The van der Waals surface area contributed by atoms with Gasteiger partial charge in [0.05, 0.1) is 13.2 Å². The van der Waals surface area contributed by atoms with Gasteiger partial charge < -0.3 is 9.84 Å². The minimum absolute atomic E-state index is 0.291. The fraction of sp³-hybridized carbons (Fsp3) is 0.200. The molecule has 2 aromatic carbocycles. The summed E-state index contributed by atoms with van der Waals surface area (Å²) in [6.07, 6.45) is -0.456. The van der Waals surface area contributed by atoms with E-state index in [1.165, 1.54) is 13.2 Å². The van der Waals surface area contributed by atoms with Crippen LogP contribution in [-0.4, -0.2) is 12.2 Å². The van der Waals surface area contributed by atoms with Gasteiger partial charge in [0, 0.05) is 18.1 Å². The van der Waals surface area contributed by atoms with Crippen molar-refractivity contribution in [2.45, 2.75) is 12.5 Å². The summed E-state index contributed by atoms with van der Waals surface area (Å²) in [7, 11) is 1.48. The SMILES string of the molecule is COc1ccc(C(O)Cc2ccccc2)c(F)c1. The molecular weight excluding hydrogens is 231 g/mol. The molecule has 0 amide bonds. The second-order valence-electron chi connectivity index (χ2n) is 4.09. The molecule has 3 heteroatoms. The topological polar surface area (TPSA) is 29.5 Å². The van der Waals surface area contributed by atoms with Crippen molar-refractivity contribution in [2.24, 2.45) is 0 Å². The smallest absolute Gasteiger partial charge is 0.132 e. The Bertz CT molecular complexity index is 511. The van der Waals surface area contributed by atoms with Crippen molar-refractivity contribution >= 4 is 0 Å². The lowest BCUT2D eigenvalue weighted by Crippen LogP contribution is -2.04. The second-order valence-corrected chi connectivity index (χ2v) is 4.09. The normalized spacial score (nSPS) is 12.2. The molecule has 0 fully saturated rings. The number of hydrogen-bond donors (Lipinski definition) is 1. The number of ether oxygens (including phenoxy) is 1. The molecule has 2 aromatic rings. The summed E-state index contributed by atoms with van der Waals surface area (Å²) in [4.78, 5) is 0. The molecule has 0 saturated carbocycles. The number of halogens is 1. The first-order chi connectivity index (χ1) is 8.70. The fourth-order valence-corrected chi connectivity index (χ4v) is 1.85. The van der Waals surface area contributed by atoms with Crippen LogP contribution in [0.15, 0.2) is 48.5 Å². The summed E-state index contributed by atoms with van der Waals surface area (Å²) in [6, 6.07) is 14.0. The molecule has 0 aliphatic rings. The lowest BCUT2D eigenvalue weighted by molar-refractivity contribution is 0.173. The highest BCUT2D eigenvalue weighted by Gasteiger charge is 2.14. The summed E-state index contributed by atoms with van der Waals surface area (Å²) in [5, 5.41) is 10.0. The van der Waals surface area contributed by atoms with Crippen molar-refractivity contribution in [1.29, 1.82) is 0 Å². The Morgan fingerprint density at radius 2 is 1.89 bits per heavy atom. The van der Waals surface area contributed by atoms with Crippen LogP contribution in [-0.2, 0) is 6.42 Å². The molecule has 0 aliphatic heterocycles. The van der Waals surface area contributed by atoms with Crippen molar-refractivity contribution in [2.75, 3.05) is 7.11 Å². The highest BCUT2D eigenvalue weighted by Crippen LogP contribution is 2.24. The number of rotatable bonds is 4. The molecule has 1 unspecified atom stereocenters. The molecule has 0 aromatic heterocycles. The van der Waals surface area contributed by atoms with Gasteiger partial charge in [0.15, 0.2) is 0 Å². The predicted octanol–water partition coefficient (Wildman–Crippen LogP) is 3.11. The van der Waals surface area contributed by atoms with E-state index in [0.29, 0.717) is 17.7 Å². The van der Waals surface area contributed by atoms with E-state index >= 15 is 0 Å². The number of methoxy groups -OCH3 is 1. The third-order valence-corrected chi connectivity index (χ3v) is 2.84. The monoisotopic (exact) mass is 246 g/mol. The summed E-state index contributed by atoms with van der Waals surface area (Å²) in [6.45, 7) is 0. The van der Waals surface area contributed by atoms with Gasteiger partial charge in [-0.15, -0.1) is 0 Å². The Morgan fingerprint density at radius 3 is 2.50 bits per heavy atom. The van der Waals surface area contributed by atoms with E-state index in [2.05, 4.69) is 0 Å². The molecule has 0 saturated heterocycles. The highest BCUT2D eigenvalue weighted by atomic mass is 19.1. The van der Waals surface area contributed by atoms with Gasteiger partial charge in [-0.2, -0.15) is 0 Å². The van der Waals surface area contributed by atoms with Crippen LogP contribution in [0.4, 0.5) is 4.39 Å². The maximum absolute atomic E-state index is 13.8. The van der Waals surface area contributed by atoms with Gasteiger partial charge in [-0.1, -0.05) is 30.3 Å². The van der Waals surface area contributed by atoms with Crippen LogP contribution in [0.1, 0.15) is 17.2 Å². The number of hydrogen-bond acceptors (Lipinski definition) is 2. The van der Waals surface area contributed by atoms with Crippen LogP contribution in [0.25, 0.3) is 0 Å². The van der Waals surface area contributed by atoms with E-state index in [9.17, 15) is 9.50 Å². The largest absolute Gasteiger partial charge is 0.497 e. The third kappa shape index (κ3) is 2.87. The first-order valence-electron chi connectivity index (χ1n) is 5.76.